The summed E-state index contributed by atoms with van der Waals surface area (Å²) in [5, 5.41) is 7.68. The monoisotopic (exact) mass is 272 g/mol. The molecule has 0 aromatic heterocycles. The van der Waals surface area contributed by atoms with Gasteiger partial charge in [0.15, 0.2) is 0 Å². The first-order valence-electron chi connectivity index (χ1n) is 5.49. The van der Waals surface area contributed by atoms with E-state index >= 15 is 0 Å². The zero-order valence-corrected chi connectivity index (χ0v) is 11.7. The van der Waals surface area contributed by atoms with Gasteiger partial charge in [0.25, 0.3) is 0 Å². The van der Waals surface area contributed by atoms with Gasteiger partial charge in [-0.25, -0.2) is 0 Å². The minimum atomic E-state index is -0.204. The van der Waals surface area contributed by atoms with E-state index in [2.05, 4.69) is 17.2 Å². The largest absolute Gasteiger partial charge is 0.318 e. The highest BCUT2D eigenvalue weighted by atomic mass is 35.5. The van der Waals surface area contributed by atoms with Crippen molar-refractivity contribution in [2.24, 2.45) is 0 Å². The Balaban J connectivity index is 3.19. The van der Waals surface area contributed by atoms with Crippen LogP contribution >= 0.6 is 23.2 Å². The summed E-state index contributed by atoms with van der Waals surface area (Å²) in [6, 6.07) is 5.72. The molecule has 1 atom stereocenters. The molecule has 1 aromatic carbocycles. The van der Waals surface area contributed by atoms with Crippen molar-refractivity contribution >= 4 is 23.2 Å². The first-order valence-corrected chi connectivity index (χ1v) is 6.25. The van der Waals surface area contributed by atoms with E-state index in [0.29, 0.717) is 10.0 Å². The Morgan fingerprint density at radius 1 is 1.29 bits per heavy atom. The fourth-order valence-corrected chi connectivity index (χ4v) is 2.27. The second-order valence-electron chi connectivity index (χ2n) is 3.98. The van der Waals surface area contributed by atoms with Crippen LogP contribution in [-0.4, -0.2) is 20.6 Å². The second kappa shape index (κ2) is 6.41. The highest BCUT2D eigenvalue weighted by Crippen LogP contribution is 2.30. The molecule has 0 aliphatic heterocycles. The second-order valence-corrected chi connectivity index (χ2v) is 4.80. The first-order chi connectivity index (χ1) is 8.09. The van der Waals surface area contributed by atoms with Gasteiger partial charge in [-0.3, -0.25) is 0 Å². The van der Waals surface area contributed by atoms with Crippen LogP contribution in [0.5, 0.6) is 0 Å². The average molecular weight is 273 g/mol. The van der Waals surface area contributed by atoms with Gasteiger partial charge in [-0.05, 0) is 38.2 Å². The van der Waals surface area contributed by atoms with Crippen molar-refractivity contribution in [3.05, 3.63) is 46.5 Å². The standard InChI is InChI=1S/C13H18Cl2N2/c1-4-7-13(17-3,9-16-2)10-5-6-11(14)12(15)8-10/h4-6,8,16-17H,1,7,9H2,2-3H3. The molecule has 0 aliphatic rings. The topological polar surface area (TPSA) is 24.1 Å². The third kappa shape index (κ3) is 3.23. The van der Waals surface area contributed by atoms with Crippen LogP contribution < -0.4 is 10.6 Å². The molecule has 17 heavy (non-hydrogen) atoms. The van der Waals surface area contributed by atoms with E-state index in [1.54, 1.807) is 0 Å². The lowest BCUT2D eigenvalue weighted by Crippen LogP contribution is -2.47. The van der Waals surface area contributed by atoms with Crippen molar-refractivity contribution in [1.82, 2.24) is 10.6 Å². The molecule has 0 heterocycles. The van der Waals surface area contributed by atoms with Crippen LogP contribution in [0, 0.1) is 0 Å². The number of hydrogen-bond acceptors (Lipinski definition) is 2. The fraction of sp³-hybridized carbons (Fsp3) is 0.385. The van der Waals surface area contributed by atoms with Crippen LogP contribution in [0.3, 0.4) is 0 Å². The highest BCUT2D eigenvalue weighted by Gasteiger charge is 2.28. The molecule has 1 aromatic rings. The predicted molar refractivity (Wildman–Crippen MR) is 75.9 cm³/mol. The van der Waals surface area contributed by atoms with E-state index in [1.807, 2.05) is 38.4 Å². The Hall–Kier alpha value is -0.540. The Kier molecular flexibility index (Phi) is 5.47. The molecule has 0 spiro atoms. The Morgan fingerprint density at radius 3 is 2.47 bits per heavy atom. The Labute approximate surface area is 113 Å². The van der Waals surface area contributed by atoms with E-state index in [-0.39, 0.29) is 5.54 Å². The smallest absolute Gasteiger partial charge is 0.0595 e. The summed E-state index contributed by atoms with van der Waals surface area (Å²) in [4.78, 5) is 0. The van der Waals surface area contributed by atoms with E-state index in [0.717, 1.165) is 18.5 Å². The molecule has 94 valence electrons. The van der Waals surface area contributed by atoms with Crippen molar-refractivity contribution in [2.45, 2.75) is 12.0 Å². The van der Waals surface area contributed by atoms with E-state index in [4.69, 9.17) is 23.2 Å². The van der Waals surface area contributed by atoms with Crippen molar-refractivity contribution in [2.75, 3.05) is 20.6 Å². The van der Waals surface area contributed by atoms with Crippen LogP contribution in [0.2, 0.25) is 10.0 Å². The lowest BCUT2D eigenvalue weighted by molar-refractivity contribution is 0.352. The highest BCUT2D eigenvalue weighted by molar-refractivity contribution is 6.42. The van der Waals surface area contributed by atoms with Crippen LogP contribution in [-0.2, 0) is 5.54 Å². The fourth-order valence-electron chi connectivity index (χ4n) is 1.97. The molecule has 2 nitrogen and oxygen atoms in total. The molecule has 0 fully saturated rings. The first kappa shape index (κ1) is 14.5. The molecule has 0 saturated heterocycles. The van der Waals surface area contributed by atoms with Crippen molar-refractivity contribution in [3.63, 3.8) is 0 Å². The lowest BCUT2D eigenvalue weighted by atomic mass is 9.86. The molecule has 0 aliphatic carbocycles. The maximum absolute atomic E-state index is 6.07. The average Bonchev–Trinajstić information content (AvgIpc) is 2.32. The third-order valence-electron chi connectivity index (χ3n) is 2.92. The van der Waals surface area contributed by atoms with Gasteiger partial charge in [0.1, 0.15) is 0 Å². The molecule has 2 N–H and O–H groups in total. The van der Waals surface area contributed by atoms with Gasteiger partial charge in [-0.15, -0.1) is 6.58 Å². The number of nitrogens with one attached hydrogen (secondary N) is 2. The number of likely N-dealkylation sites (N-methyl/N-ethyl adjacent to an activating group) is 2. The Morgan fingerprint density at radius 2 is 2.00 bits per heavy atom. The van der Waals surface area contributed by atoms with E-state index in [1.165, 1.54) is 0 Å². The summed E-state index contributed by atoms with van der Waals surface area (Å²) in [5.74, 6) is 0. The van der Waals surface area contributed by atoms with Gasteiger partial charge in [0.05, 0.1) is 15.6 Å². The maximum atomic E-state index is 6.07. The number of hydrogen-bond donors (Lipinski definition) is 2. The van der Waals surface area contributed by atoms with E-state index in [9.17, 15) is 0 Å². The zero-order valence-electron chi connectivity index (χ0n) is 10.2. The molecule has 0 saturated carbocycles. The Bertz CT molecular complexity index is 393. The van der Waals surface area contributed by atoms with Crippen molar-refractivity contribution < 1.29 is 0 Å². The molecule has 1 unspecified atom stereocenters. The van der Waals surface area contributed by atoms with Crippen molar-refractivity contribution in [3.8, 4) is 0 Å². The van der Waals surface area contributed by atoms with Gasteiger partial charge in [-0.1, -0.05) is 35.3 Å². The number of halogens is 2. The predicted octanol–water partition coefficient (Wildman–Crippen LogP) is 3.20. The third-order valence-corrected chi connectivity index (χ3v) is 3.66. The molecule has 4 heteroatoms. The van der Waals surface area contributed by atoms with Gasteiger partial charge >= 0.3 is 0 Å². The zero-order chi connectivity index (χ0) is 12.9. The van der Waals surface area contributed by atoms with Crippen LogP contribution in [0.1, 0.15) is 12.0 Å². The summed E-state index contributed by atoms with van der Waals surface area (Å²) in [7, 11) is 3.86. The normalized spacial score (nSPS) is 14.4. The molecule has 0 radical (unpaired) electrons. The molecule has 1 rings (SSSR count). The lowest BCUT2D eigenvalue weighted by Gasteiger charge is -2.33. The number of benzene rings is 1. The molecular formula is C13H18Cl2N2. The van der Waals surface area contributed by atoms with E-state index < -0.39 is 0 Å². The quantitative estimate of drug-likeness (QED) is 0.778. The maximum Gasteiger partial charge on any atom is 0.0595 e. The SMILES string of the molecule is C=CCC(CNC)(NC)c1ccc(Cl)c(Cl)c1. The van der Waals surface area contributed by atoms with Crippen LogP contribution in [0.25, 0.3) is 0 Å². The van der Waals surface area contributed by atoms with Gasteiger partial charge < -0.3 is 10.6 Å². The summed E-state index contributed by atoms with van der Waals surface area (Å²) < 4.78 is 0. The van der Waals surface area contributed by atoms with Gasteiger partial charge in [0, 0.05) is 6.54 Å². The van der Waals surface area contributed by atoms with Gasteiger partial charge in [-0.2, -0.15) is 0 Å². The van der Waals surface area contributed by atoms with Crippen LogP contribution in [0.15, 0.2) is 30.9 Å². The minimum absolute atomic E-state index is 0.204. The molecular weight excluding hydrogens is 255 g/mol. The number of rotatable bonds is 6. The van der Waals surface area contributed by atoms with Crippen molar-refractivity contribution in [1.29, 1.82) is 0 Å². The molecule has 0 bridgehead atoms. The van der Waals surface area contributed by atoms with Gasteiger partial charge in [0.2, 0.25) is 0 Å². The van der Waals surface area contributed by atoms with Crippen LogP contribution in [0.4, 0.5) is 0 Å². The summed E-state index contributed by atoms with van der Waals surface area (Å²) in [5.41, 5.74) is 0.897. The summed E-state index contributed by atoms with van der Waals surface area (Å²) in [6.45, 7) is 4.60. The summed E-state index contributed by atoms with van der Waals surface area (Å²) in [6.07, 6.45) is 2.71. The minimum Gasteiger partial charge on any atom is -0.318 e. The summed E-state index contributed by atoms with van der Waals surface area (Å²) >= 11 is 12.0. The molecule has 0 amide bonds.